The van der Waals surface area contributed by atoms with Crippen molar-refractivity contribution in [2.24, 2.45) is 0 Å². The van der Waals surface area contributed by atoms with Crippen LogP contribution in [-0.4, -0.2) is 24.0 Å². The Balaban J connectivity index is 1.53. The number of fused-ring (bicyclic) bond motifs is 2. The van der Waals surface area contributed by atoms with Gasteiger partial charge in [0.15, 0.2) is 0 Å². The fraction of sp³-hybridized carbons (Fsp3) is 0.381. The van der Waals surface area contributed by atoms with E-state index in [0.29, 0.717) is 12.1 Å². The smallest absolute Gasteiger partial charge is 0.238 e. The van der Waals surface area contributed by atoms with Gasteiger partial charge in [0.1, 0.15) is 16.9 Å². The van der Waals surface area contributed by atoms with Crippen molar-refractivity contribution in [1.82, 2.24) is 10.6 Å². The van der Waals surface area contributed by atoms with Crippen molar-refractivity contribution in [3.63, 3.8) is 0 Å². The molecule has 2 N–H and O–H groups in total. The van der Waals surface area contributed by atoms with E-state index in [4.69, 9.17) is 0 Å². The third-order valence-electron chi connectivity index (χ3n) is 5.30. The number of thioether (sulfide) groups is 1. The van der Waals surface area contributed by atoms with E-state index in [1.54, 1.807) is 0 Å². The fourth-order valence-electron chi connectivity index (χ4n) is 4.05. The number of amides is 1. The number of halogens is 2. The predicted octanol–water partition coefficient (Wildman–Crippen LogP) is 4.20. The number of benzene rings is 2. The average Bonchev–Trinajstić information content (AvgIpc) is 3.00. The van der Waals surface area contributed by atoms with E-state index in [-0.39, 0.29) is 16.8 Å². The van der Waals surface area contributed by atoms with Gasteiger partial charge in [-0.3, -0.25) is 4.79 Å². The Morgan fingerprint density at radius 3 is 2.44 bits per heavy atom. The third kappa shape index (κ3) is 4.33. The second-order valence-corrected chi connectivity index (χ2v) is 8.45. The first-order valence-electron chi connectivity index (χ1n) is 9.31. The van der Waals surface area contributed by atoms with Crippen molar-refractivity contribution in [3.05, 3.63) is 65.7 Å². The monoisotopic (exact) mass is 388 g/mol. The molecule has 6 heteroatoms. The Kier molecular flexibility index (Phi) is 5.45. The molecule has 2 aliphatic heterocycles. The van der Waals surface area contributed by atoms with E-state index in [2.05, 4.69) is 10.6 Å². The second-order valence-electron chi connectivity index (χ2n) is 7.30. The van der Waals surface area contributed by atoms with Crippen LogP contribution in [-0.2, 0) is 4.79 Å². The van der Waals surface area contributed by atoms with Crippen LogP contribution in [0.4, 0.5) is 8.78 Å². The van der Waals surface area contributed by atoms with E-state index in [9.17, 15) is 13.6 Å². The summed E-state index contributed by atoms with van der Waals surface area (Å²) in [6, 6.07) is 13.9. The number of hydrogen-bond acceptors (Lipinski definition) is 3. The summed E-state index contributed by atoms with van der Waals surface area (Å²) in [6.45, 7) is 0. The SMILES string of the molecule is O=C(NC1CC2CCC(C1)N2)C(Sc1ccc(F)cc1F)c1ccccc1. The zero-order chi connectivity index (χ0) is 18.8. The standard InChI is InChI=1S/C21H22F2N2OS/c22-14-6-9-19(18(23)10-14)27-20(13-4-2-1-3-5-13)21(26)25-17-11-15-7-8-16(12-17)24-15/h1-6,9-10,15-17,20,24H,7-8,11-12H2,(H,25,26). The summed E-state index contributed by atoms with van der Waals surface area (Å²) < 4.78 is 27.4. The molecule has 3 atom stereocenters. The first-order chi connectivity index (χ1) is 13.1. The van der Waals surface area contributed by atoms with Gasteiger partial charge >= 0.3 is 0 Å². The first-order valence-corrected chi connectivity index (χ1v) is 10.2. The summed E-state index contributed by atoms with van der Waals surface area (Å²) in [5.41, 5.74) is 0.806. The Morgan fingerprint density at radius 2 is 1.78 bits per heavy atom. The van der Waals surface area contributed by atoms with Crippen LogP contribution in [0.25, 0.3) is 0 Å². The van der Waals surface area contributed by atoms with E-state index in [0.717, 1.165) is 49.1 Å². The molecule has 1 amide bonds. The maximum absolute atomic E-state index is 14.2. The molecule has 2 heterocycles. The van der Waals surface area contributed by atoms with Gasteiger partial charge in [-0.1, -0.05) is 30.3 Å². The van der Waals surface area contributed by atoms with Crippen LogP contribution in [0.1, 0.15) is 36.5 Å². The van der Waals surface area contributed by atoms with Gasteiger partial charge in [-0.2, -0.15) is 0 Å². The molecule has 2 aliphatic rings. The first kappa shape index (κ1) is 18.4. The van der Waals surface area contributed by atoms with Gasteiger partial charge in [-0.15, -0.1) is 11.8 Å². The van der Waals surface area contributed by atoms with Gasteiger partial charge < -0.3 is 10.6 Å². The normalized spacial score (nSPS) is 25.2. The van der Waals surface area contributed by atoms with Crippen molar-refractivity contribution in [1.29, 1.82) is 0 Å². The molecule has 2 saturated heterocycles. The minimum absolute atomic E-state index is 0.124. The zero-order valence-corrected chi connectivity index (χ0v) is 15.6. The van der Waals surface area contributed by atoms with Gasteiger partial charge in [0.05, 0.1) is 0 Å². The summed E-state index contributed by atoms with van der Waals surface area (Å²) in [5, 5.41) is 6.15. The molecule has 27 heavy (non-hydrogen) atoms. The van der Waals surface area contributed by atoms with E-state index in [1.165, 1.54) is 12.1 Å². The van der Waals surface area contributed by atoms with Crippen molar-refractivity contribution in [2.75, 3.05) is 0 Å². The summed E-state index contributed by atoms with van der Waals surface area (Å²) in [7, 11) is 0. The molecule has 4 rings (SSSR count). The highest BCUT2D eigenvalue weighted by Crippen LogP contribution is 2.37. The van der Waals surface area contributed by atoms with Crippen molar-refractivity contribution in [2.45, 2.75) is 54.0 Å². The molecule has 0 radical (unpaired) electrons. The Bertz CT molecular complexity index is 805. The Morgan fingerprint density at radius 1 is 1.07 bits per heavy atom. The van der Waals surface area contributed by atoms with E-state index >= 15 is 0 Å². The highest BCUT2D eigenvalue weighted by atomic mass is 32.2. The number of hydrogen-bond donors (Lipinski definition) is 2. The Labute approximate surface area is 161 Å². The Hall–Kier alpha value is -1.92. The largest absolute Gasteiger partial charge is 0.352 e. The molecule has 2 fully saturated rings. The topological polar surface area (TPSA) is 41.1 Å². The van der Waals surface area contributed by atoms with Crippen LogP contribution in [0.5, 0.6) is 0 Å². The number of rotatable bonds is 5. The highest BCUT2D eigenvalue weighted by molar-refractivity contribution is 8.00. The lowest BCUT2D eigenvalue weighted by Crippen LogP contribution is -2.48. The van der Waals surface area contributed by atoms with Crippen LogP contribution < -0.4 is 10.6 Å². The second kappa shape index (κ2) is 7.98. The van der Waals surface area contributed by atoms with Crippen LogP contribution >= 0.6 is 11.8 Å². The molecular weight excluding hydrogens is 366 g/mol. The number of carbonyl (C=O) groups is 1. The van der Waals surface area contributed by atoms with Gasteiger partial charge in [-0.05, 0) is 43.4 Å². The maximum Gasteiger partial charge on any atom is 0.238 e. The summed E-state index contributed by atoms with van der Waals surface area (Å²) in [6.07, 6.45) is 4.18. The molecule has 2 bridgehead atoms. The van der Waals surface area contributed by atoms with Crippen LogP contribution in [0.2, 0.25) is 0 Å². The molecule has 142 valence electrons. The molecule has 2 aromatic carbocycles. The predicted molar refractivity (Wildman–Crippen MR) is 103 cm³/mol. The summed E-state index contributed by atoms with van der Waals surface area (Å²) in [4.78, 5) is 13.3. The van der Waals surface area contributed by atoms with Gasteiger partial charge in [0.2, 0.25) is 5.91 Å². The van der Waals surface area contributed by atoms with Gasteiger partial charge in [0, 0.05) is 29.1 Å². The molecule has 0 saturated carbocycles. The van der Waals surface area contributed by atoms with Crippen LogP contribution in [0, 0.1) is 11.6 Å². The van der Waals surface area contributed by atoms with Crippen LogP contribution in [0.15, 0.2) is 53.4 Å². The zero-order valence-electron chi connectivity index (χ0n) is 14.8. The molecule has 3 unspecified atom stereocenters. The van der Waals surface area contributed by atoms with Crippen molar-refractivity contribution in [3.8, 4) is 0 Å². The lowest BCUT2D eigenvalue weighted by molar-refractivity contribution is -0.121. The average molecular weight is 388 g/mol. The molecule has 0 aliphatic carbocycles. The van der Waals surface area contributed by atoms with Crippen molar-refractivity contribution >= 4 is 17.7 Å². The fourth-order valence-corrected chi connectivity index (χ4v) is 5.09. The van der Waals surface area contributed by atoms with Gasteiger partial charge in [-0.25, -0.2) is 8.78 Å². The summed E-state index contributed by atoms with van der Waals surface area (Å²) >= 11 is 1.12. The molecule has 0 spiro atoms. The lowest BCUT2D eigenvalue weighted by atomic mass is 9.99. The third-order valence-corrected chi connectivity index (χ3v) is 6.61. The van der Waals surface area contributed by atoms with Crippen molar-refractivity contribution < 1.29 is 13.6 Å². The molecular formula is C21H22F2N2OS. The lowest BCUT2D eigenvalue weighted by Gasteiger charge is -2.31. The minimum atomic E-state index is -0.645. The molecule has 2 aromatic rings. The molecule has 3 nitrogen and oxygen atoms in total. The molecule has 0 aromatic heterocycles. The number of piperidine rings is 1. The van der Waals surface area contributed by atoms with Gasteiger partial charge in [0.25, 0.3) is 0 Å². The minimum Gasteiger partial charge on any atom is -0.352 e. The van der Waals surface area contributed by atoms with E-state index in [1.807, 2.05) is 30.3 Å². The van der Waals surface area contributed by atoms with E-state index < -0.39 is 16.9 Å². The summed E-state index contributed by atoms with van der Waals surface area (Å²) in [5.74, 6) is -1.39. The highest BCUT2D eigenvalue weighted by Gasteiger charge is 2.35. The quantitative estimate of drug-likeness (QED) is 0.755. The maximum atomic E-state index is 14.2. The number of nitrogens with one attached hydrogen (secondary N) is 2. The number of carbonyl (C=O) groups excluding carboxylic acids is 1. The van der Waals surface area contributed by atoms with Crippen LogP contribution in [0.3, 0.4) is 0 Å².